The SMILES string of the molecule is COCc1cccc(NC(=O)NCCOCC(=O)O)c1. The van der Waals surface area contributed by atoms with Crippen LogP contribution in [-0.4, -0.2) is 44.0 Å². The second kappa shape index (κ2) is 8.89. The molecule has 20 heavy (non-hydrogen) atoms. The number of ether oxygens (including phenoxy) is 2. The molecule has 110 valence electrons. The van der Waals surface area contributed by atoms with Gasteiger partial charge in [0.25, 0.3) is 0 Å². The number of carbonyl (C=O) groups is 2. The zero-order chi connectivity index (χ0) is 14.8. The predicted octanol–water partition coefficient (Wildman–Crippen LogP) is 1.06. The van der Waals surface area contributed by atoms with Gasteiger partial charge < -0.3 is 25.2 Å². The van der Waals surface area contributed by atoms with Crippen LogP contribution in [0.2, 0.25) is 0 Å². The van der Waals surface area contributed by atoms with Gasteiger partial charge in [-0.25, -0.2) is 9.59 Å². The first-order chi connectivity index (χ1) is 9.61. The Morgan fingerprint density at radius 2 is 2.15 bits per heavy atom. The lowest BCUT2D eigenvalue weighted by molar-refractivity contribution is -0.142. The van der Waals surface area contributed by atoms with Crippen LogP contribution in [0.15, 0.2) is 24.3 Å². The maximum absolute atomic E-state index is 11.6. The van der Waals surface area contributed by atoms with Gasteiger partial charge >= 0.3 is 12.0 Å². The van der Waals surface area contributed by atoms with Crippen molar-refractivity contribution in [2.24, 2.45) is 0 Å². The summed E-state index contributed by atoms with van der Waals surface area (Å²) < 4.78 is 9.79. The second-order valence-corrected chi connectivity index (χ2v) is 3.96. The van der Waals surface area contributed by atoms with Gasteiger partial charge in [0.2, 0.25) is 0 Å². The van der Waals surface area contributed by atoms with Crippen molar-refractivity contribution < 1.29 is 24.2 Å². The normalized spacial score (nSPS) is 10.1. The topological polar surface area (TPSA) is 96.9 Å². The number of amides is 2. The van der Waals surface area contributed by atoms with Gasteiger partial charge in [0, 0.05) is 19.3 Å². The maximum Gasteiger partial charge on any atom is 0.329 e. The van der Waals surface area contributed by atoms with Gasteiger partial charge in [-0.05, 0) is 17.7 Å². The molecule has 3 N–H and O–H groups in total. The molecular weight excluding hydrogens is 264 g/mol. The van der Waals surface area contributed by atoms with E-state index in [0.29, 0.717) is 12.3 Å². The summed E-state index contributed by atoms with van der Waals surface area (Å²) in [5, 5.41) is 13.6. The molecule has 0 unspecified atom stereocenters. The van der Waals surface area contributed by atoms with Crippen LogP contribution < -0.4 is 10.6 Å². The van der Waals surface area contributed by atoms with Crippen molar-refractivity contribution >= 4 is 17.7 Å². The summed E-state index contributed by atoms with van der Waals surface area (Å²) in [4.78, 5) is 21.7. The smallest absolute Gasteiger partial charge is 0.329 e. The molecule has 0 atom stereocenters. The highest BCUT2D eigenvalue weighted by Crippen LogP contribution is 2.11. The largest absolute Gasteiger partial charge is 0.480 e. The summed E-state index contributed by atoms with van der Waals surface area (Å²) in [5.41, 5.74) is 1.61. The molecule has 1 aromatic carbocycles. The Balaban J connectivity index is 2.27. The van der Waals surface area contributed by atoms with E-state index in [-0.39, 0.29) is 25.8 Å². The lowest BCUT2D eigenvalue weighted by Gasteiger charge is -2.08. The van der Waals surface area contributed by atoms with E-state index in [9.17, 15) is 9.59 Å². The first-order valence-corrected chi connectivity index (χ1v) is 6.04. The van der Waals surface area contributed by atoms with Crippen LogP contribution in [0.3, 0.4) is 0 Å². The number of carbonyl (C=O) groups excluding carboxylic acids is 1. The van der Waals surface area contributed by atoms with E-state index in [2.05, 4.69) is 10.6 Å². The summed E-state index contributed by atoms with van der Waals surface area (Å²) in [6.45, 7) is 0.475. The van der Waals surface area contributed by atoms with E-state index < -0.39 is 5.97 Å². The monoisotopic (exact) mass is 282 g/mol. The summed E-state index contributed by atoms with van der Waals surface area (Å²) in [6.07, 6.45) is 0. The molecule has 1 aromatic rings. The number of carboxylic acids is 1. The number of urea groups is 1. The van der Waals surface area contributed by atoms with Crippen molar-refractivity contribution in [2.45, 2.75) is 6.61 Å². The Labute approximate surface area is 116 Å². The molecule has 0 fully saturated rings. The molecule has 7 heteroatoms. The highest BCUT2D eigenvalue weighted by Gasteiger charge is 2.02. The van der Waals surface area contributed by atoms with Gasteiger partial charge in [0.05, 0.1) is 13.2 Å². The van der Waals surface area contributed by atoms with Gasteiger partial charge in [-0.15, -0.1) is 0 Å². The van der Waals surface area contributed by atoms with Gasteiger partial charge in [0.1, 0.15) is 6.61 Å². The van der Waals surface area contributed by atoms with Gasteiger partial charge in [0.15, 0.2) is 0 Å². The Hall–Kier alpha value is -2.12. The number of rotatable bonds is 8. The van der Waals surface area contributed by atoms with Crippen molar-refractivity contribution in [3.8, 4) is 0 Å². The van der Waals surface area contributed by atoms with Gasteiger partial charge in [-0.3, -0.25) is 0 Å². The Kier molecular flexibility index (Phi) is 7.08. The molecule has 0 aromatic heterocycles. The average molecular weight is 282 g/mol. The number of carboxylic acid groups (broad SMARTS) is 1. The molecule has 0 spiro atoms. The molecule has 0 aliphatic carbocycles. The standard InChI is InChI=1S/C13H18N2O5/c1-19-8-10-3-2-4-11(7-10)15-13(18)14-5-6-20-9-12(16)17/h2-4,7H,5-6,8-9H2,1H3,(H,16,17)(H2,14,15,18). The van der Waals surface area contributed by atoms with Crippen LogP contribution in [0.1, 0.15) is 5.56 Å². The number of nitrogens with one attached hydrogen (secondary N) is 2. The molecule has 0 saturated heterocycles. The van der Waals surface area contributed by atoms with Crippen LogP contribution in [0.4, 0.5) is 10.5 Å². The zero-order valence-corrected chi connectivity index (χ0v) is 11.2. The van der Waals surface area contributed by atoms with E-state index in [4.69, 9.17) is 14.6 Å². The van der Waals surface area contributed by atoms with Crippen molar-refractivity contribution in [3.63, 3.8) is 0 Å². The minimum absolute atomic E-state index is 0.142. The first-order valence-electron chi connectivity index (χ1n) is 6.04. The predicted molar refractivity (Wildman–Crippen MR) is 72.6 cm³/mol. The van der Waals surface area contributed by atoms with E-state index in [1.807, 2.05) is 18.2 Å². The van der Waals surface area contributed by atoms with Crippen LogP contribution in [0.25, 0.3) is 0 Å². The number of benzene rings is 1. The molecule has 0 saturated carbocycles. The highest BCUT2D eigenvalue weighted by molar-refractivity contribution is 5.89. The third-order valence-electron chi connectivity index (χ3n) is 2.25. The molecule has 1 rings (SSSR count). The molecule has 0 aliphatic heterocycles. The van der Waals surface area contributed by atoms with Crippen LogP contribution in [0.5, 0.6) is 0 Å². The Morgan fingerprint density at radius 1 is 1.35 bits per heavy atom. The fourth-order valence-electron chi connectivity index (χ4n) is 1.48. The molecular formula is C13H18N2O5. The summed E-state index contributed by atoms with van der Waals surface area (Å²) >= 11 is 0. The fourth-order valence-corrected chi connectivity index (χ4v) is 1.48. The molecule has 7 nitrogen and oxygen atoms in total. The lowest BCUT2D eigenvalue weighted by atomic mass is 10.2. The van der Waals surface area contributed by atoms with Gasteiger partial charge in [-0.2, -0.15) is 0 Å². The van der Waals surface area contributed by atoms with Crippen LogP contribution in [0, 0.1) is 0 Å². The number of aliphatic carboxylic acids is 1. The second-order valence-electron chi connectivity index (χ2n) is 3.96. The molecule has 0 aliphatic rings. The third kappa shape index (κ3) is 6.72. The van der Waals surface area contributed by atoms with Crippen LogP contribution in [-0.2, 0) is 20.9 Å². The Bertz CT molecular complexity index is 450. The molecule has 0 radical (unpaired) electrons. The minimum Gasteiger partial charge on any atom is -0.480 e. The summed E-state index contributed by atoms with van der Waals surface area (Å²) in [6, 6.07) is 6.91. The quantitative estimate of drug-likeness (QED) is 0.619. The number of hydrogen-bond acceptors (Lipinski definition) is 4. The minimum atomic E-state index is -1.04. The van der Waals surface area contributed by atoms with Gasteiger partial charge in [-0.1, -0.05) is 12.1 Å². The van der Waals surface area contributed by atoms with E-state index in [1.54, 1.807) is 13.2 Å². The van der Waals surface area contributed by atoms with E-state index >= 15 is 0 Å². The maximum atomic E-state index is 11.6. The van der Waals surface area contributed by atoms with E-state index in [0.717, 1.165) is 5.56 Å². The summed E-state index contributed by atoms with van der Waals surface area (Å²) in [5.74, 6) is -1.04. The number of methoxy groups -OCH3 is 1. The zero-order valence-electron chi connectivity index (χ0n) is 11.2. The average Bonchev–Trinajstić information content (AvgIpc) is 2.38. The number of hydrogen-bond donors (Lipinski definition) is 3. The lowest BCUT2D eigenvalue weighted by Crippen LogP contribution is -2.32. The number of anilines is 1. The molecule has 0 bridgehead atoms. The van der Waals surface area contributed by atoms with E-state index in [1.165, 1.54) is 0 Å². The summed E-state index contributed by atoms with van der Waals surface area (Å²) in [7, 11) is 1.60. The first kappa shape index (κ1) is 15.9. The van der Waals surface area contributed by atoms with Crippen LogP contribution >= 0.6 is 0 Å². The van der Waals surface area contributed by atoms with Crippen molar-refractivity contribution in [3.05, 3.63) is 29.8 Å². The Morgan fingerprint density at radius 3 is 2.85 bits per heavy atom. The highest BCUT2D eigenvalue weighted by atomic mass is 16.5. The van der Waals surface area contributed by atoms with Crippen molar-refractivity contribution in [2.75, 3.05) is 32.2 Å². The van der Waals surface area contributed by atoms with Crippen molar-refractivity contribution in [1.82, 2.24) is 5.32 Å². The molecule has 0 heterocycles. The molecule has 2 amide bonds. The van der Waals surface area contributed by atoms with Crippen molar-refractivity contribution in [1.29, 1.82) is 0 Å². The third-order valence-corrected chi connectivity index (χ3v) is 2.25. The fraction of sp³-hybridized carbons (Fsp3) is 0.385.